The first-order valence-electron chi connectivity index (χ1n) is 7.48. The van der Waals surface area contributed by atoms with Crippen LogP contribution in [-0.2, 0) is 21.2 Å². The number of fused-ring (bicyclic) bond motifs is 1. The van der Waals surface area contributed by atoms with Gasteiger partial charge in [-0.3, -0.25) is 4.79 Å². The number of rotatable bonds is 4. The van der Waals surface area contributed by atoms with Gasteiger partial charge >= 0.3 is 0 Å². The Morgan fingerprint density at radius 3 is 2.68 bits per heavy atom. The Kier molecular flexibility index (Phi) is 4.50. The van der Waals surface area contributed by atoms with Crippen molar-refractivity contribution in [3.8, 4) is 6.07 Å². The zero-order valence-corrected chi connectivity index (χ0v) is 13.9. The standard InChI is InChI=1S/C17H14N4O3S/c18-11-13-6-2-1-5-12(13)9-10-19-17(22)16-20-14-7-3-4-8-15(14)25(23,24)21-16/h1-8H,9-10H2,(H,19,22)(H,20,21). The molecule has 2 aromatic carbocycles. The molecule has 2 aromatic rings. The van der Waals surface area contributed by atoms with Gasteiger partial charge < -0.3 is 10.6 Å². The third kappa shape index (κ3) is 3.51. The highest BCUT2D eigenvalue weighted by molar-refractivity contribution is 7.90. The normalized spacial score (nSPS) is 14.4. The summed E-state index contributed by atoms with van der Waals surface area (Å²) in [5.74, 6) is -0.889. The first kappa shape index (κ1) is 16.7. The van der Waals surface area contributed by atoms with Crippen LogP contribution in [0.15, 0.2) is 57.8 Å². The predicted molar refractivity (Wildman–Crippen MR) is 92.6 cm³/mol. The molecule has 126 valence electrons. The van der Waals surface area contributed by atoms with Crippen molar-refractivity contribution in [1.82, 2.24) is 5.32 Å². The van der Waals surface area contributed by atoms with E-state index in [-0.39, 0.29) is 17.3 Å². The molecule has 3 rings (SSSR count). The van der Waals surface area contributed by atoms with Gasteiger partial charge in [-0.05, 0) is 30.2 Å². The van der Waals surface area contributed by atoms with Gasteiger partial charge in [0.05, 0.1) is 17.3 Å². The molecule has 2 N–H and O–H groups in total. The zero-order chi connectivity index (χ0) is 17.9. The van der Waals surface area contributed by atoms with E-state index in [1.54, 1.807) is 30.3 Å². The lowest BCUT2D eigenvalue weighted by Crippen LogP contribution is -2.39. The second kappa shape index (κ2) is 6.75. The number of amidine groups is 1. The summed E-state index contributed by atoms with van der Waals surface area (Å²) in [5, 5.41) is 14.4. The monoisotopic (exact) mass is 354 g/mol. The average Bonchev–Trinajstić information content (AvgIpc) is 2.61. The molecule has 1 aliphatic rings. The Morgan fingerprint density at radius 1 is 1.16 bits per heavy atom. The summed E-state index contributed by atoms with van der Waals surface area (Å²) in [5.41, 5.74) is 1.67. The zero-order valence-electron chi connectivity index (χ0n) is 13.1. The lowest BCUT2D eigenvalue weighted by molar-refractivity contribution is -0.114. The van der Waals surface area contributed by atoms with Crippen molar-refractivity contribution in [1.29, 1.82) is 5.26 Å². The van der Waals surface area contributed by atoms with Gasteiger partial charge in [-0.2, -0.15) is 13.7 Å². The lowest BCUT2D eigenvalue weighted by atomic mass is 10.1. The fourth-order valence-electron chi connectivity index (χ4n) is 2.45. The van der Waals surface area contributed by atoms with Crippen molar-refractivity contribution < 1.29 is 13.2 Å². The van der Waals surface area contributed by atoms with Crippen LogP contribution in [0.5, 0.6) is 0 Å². The van der Waals surface area contributed by atoms with Gasteiger partial charge in [-0.1, -0.05) is 30.3 Å². The minimum Gasteiger partial charge on any atom is -0.349 e. The number of carbonyl (C=O) groups excluding carboxylic acids is 1. The molecule has 0 atom stereocenters. The van der Waals surface area contributed by atoms with Gasteiger partial charge in [0, 0.05) is 6.54 Å². The number of para-hydroxylation sites is 1. The van der Waals surface area contributed by atoms with Crippen LogP contribution in [0.2, 0.25) is 0 Å². The summed E-state index contributed by atoms with van der Waals surface area (Å²) in [6, 6.07) is 15.4. The highest BCUT2D eigenvalue weighted by Crippen LogP contribution is 2.26. The number of hydrogen-bond donors (Lipinski definition) is 2. The van der Waals surface area contributed by atoms with Crippen LogP contribution >= 0.6 is 0 Å². The van der Waals surface area contributed by atoms with Gasteiger partial charge in [0.2, 0.25) is 5.84 Å². The molecule has 0 saturated heterocycles. The smallest absolute Gasteiger partial charge is 0.287 e. The average molecular weight is 354 g/mol. The molecule has 0 aliphatic carbocycles. The minimum atomic E-state index is -3.90. The molecule has 0 bridgehead atoms. The molecule has 25 heavy (non-hydrogen) atoms. The third-order valence-electron chi connectivity index (χ3n) is 3.66. The van der Waals surface area contributed by atoms with E-state index >= 15 is 0 Å². The maximum absolute atomic E-state index is 12.2. The van der Waals surface area contributed by atoms with Crippen LogP contribution in [0.3, 0.4) is 0 Å². The number of sulfonamides is 1. The van der Waals surface area contributed by atoms with Gasteiger partial charge in [0.1, 0.15) is 4.90 Å². The Morgan fingerprint density at radius 2 is 1.88 bits per heavy atom. The first-order valence-corrected chi connectivity index (χ1v) is 8.92. The van der Waals surface area contributed by atoms with Crippen molar-refractivity contribution in [2.75, 3.05) is 11.9 Å². The number of benzene rings is 2. The second-order valence-corrected chi connectivity index (χ2v) is 6.88. The largest absolute Gasteiger partial charge is 0.349 e. The van der Waals surface area contributed by atoms with Crippen molar-refractivity contribution >= 4 is 27.5 Å². The molecular weight excluding hydrogens is 340 g/mol. The molecular formula is C17H14N4O3S. The molecule has 1 amide bonds. The molecule has 0 fully saturated rings. The fourth-order valence-corrected chi connectivity index (χ4v) is 3.57. The summed E-state index contributed by atoms with van der Waals surface area (Å²) in [6.07, 6.45) is 0.450. The molecule has 1 heterocycles. The first-order chi connectivity index (χ1) is 12.0. The predicted octanol–water partition coefficient (Wildman–Crippen LogP) is 1.43. The van der Waals surface area contributed by atoms with E-state index in [2.05, 4.69) is 21.1 Å². The number of nitrogens with zero attached hydrogens (tertiary/aromatic N) is 2. The molecule has 0 spiro atoms. The summed E-state index contributed by atoms with van der Waals surface area (Å²) in [4.78, 5) is 12.2. The van der Waals surface area contributed by atoms with E-state index in [1.165, 1.54) is 6.07 Å². The quantitative estimate of drug-likeness (QED) is 0.863. The SMILES string of the molecule is N#Cc1ccccc1CCNC(=O)C1=NS(=O)(=O)c2ccccc2N1. The number of hydrogen-bond acceptors (Lipinski definition) is 5. The molecule has 0 saturated carbocycles. The van der Waals surface area contributed by atoms with Crippen LogP contribution in [0.4, 0.5) is 5.69 Å². The molecule has 0 radical (unpaired) electrons. The Balaban J connectivity index is 1.69. The highest BCUT2D eigenvalue weighted by Gasteiger charge is 2.27. The molecule has 7 nitrogen and oxygen atoms in total. The van der Waals surface area contributed by atoms with Crippen molar-refractivity contribution in [3.05, 3.63) is 59.7 Å². The molecule has 1 aliphatic heterocycles. The molecule has 8 heteroatoms. The maximum atomic E-state index is 12.2. The van der Waals surface area contributed by atoms with E-state index in [0.29, 0.717) is 17.7 Å². The summed E-state index contributed by atoms with van der Waals surface area (Å²) >= 11 is 0. The van der Waals surface area contributed by atoms with Crippen LogP contribution in [0, 0.1) is 11.3 Å². The van der Waals surface area contributed by atoms with Crippen molar-refractivity contribution in [2.45, 2.75) is 11.3 Å². The topological polar surface area (TPSA) is 111 Å². The van der Waals surface area contributed by atoms with E-state index in [4.69, 9.17) is 5.26 Å². The van der Waals surface area contributed by atoms with Crippen molar-refractivity contribution in [2.24, 2.45) is 4.40 Å². The Bertz CT molecular complexity index is 1010. The van der Waals surface area contributed by atoms with Gasteiger partial charge in [-0.25, -0.2) is 0 Å². The Hall–Kier alpha value is -3.18. The van der Waals surface area contributed by atoms with Gasteiger partial charge in [0.15, 0.2) is 0 Å². The maximum Gasteiger partial charge on any atom is 0.287 e. The number of anilines is 1. The van der Waals surface area contributed by atoms with E-state index in [9.17, 15) is 13.2 Å². The summed E-state index contributed by atoms with van der Waals surface area (Å²) < 4.78 is 27.8. The van der Waals surface area contributed by atoms with E-state index < -0.39 is 15.9 Å². The van der Waals surface area contributed by atoms with Crippen LogP contribution < -0.4 is 10.6 Å². The Labute approximate surface area is 145 Å². The third-order valence-corrected chi connectivity index (χ3v) is 5.00. The van der Waals surface area contributed by atoms with Gasteiger partial charge in [0.25, 0.3) is 15.9 Å². The lowest BCUT2D eigenvalue weighted by Gasteiger charge is -2.17. The fraction of sp³-hybridized carbons (Fsp3) is 0.118. The number of nitriles is 1. The second-order valence-electron chi connectivity index (χ2n) is 5.31. The van der Waals surface area contributed by atoms with E-state index in [1.807, 2.05) is 12.1 Å². The number of amides is 1. The number of nitrogens with one attached hydrogen (secondary N) is 2. The number of carbonyl (C=O) groups is 1. The summed E-state index contributed by atoms with van der Waals surface area (Å²) in [6.45, 7) is 0.250. The molecule has 0 aromatic heterocycles. The van der Waals surface area contributed by atoms with Crippen molar-refractivity contribution in [3.63, 3.8) is 0 Å². The van der Waals surface area contributed by atoms with Crippen LogP contribution in [-0.4, -0.2) is 26.7 Å². The van der Waals surface area contributed by atoms with Crippen LogP contribution in [0.25, 0.3) is 0 Å². The summed E-state index contributed by atoms with van der Waals surface area (Å²) in [7, 11) is -3.90. The van der Waals surface area contributed by atoms with Gasteiger partial charge in [-0.15, -0.1) is 4.40 Å². The highest BCUT2D eigenvalue weighted by atomic mass is 32.2. The molecule has 0 unspecified atom stereocenters. The van der Waals surface area contributed by atoms with Crippen LogP contribution in [0.1, 0.15) is 11.1 Å². The minimum absolute atomic E-state index is 0.0366. The van der Waals surface area contributed by atoms with E-state index in [0.717, 1.165) is 5.56 Å².